The Morgan fingerprint density at radius 1 is 1.04 bits per heavy atom. The smallest absolute Gasteiger partial charge is 0.307 e. The second-order valence-corrected chi connectivity index (χ2v) is 7.25. The fourth-order valence-electron chi connectivity index (χ4n) is 3.38. The summed E-state index contributed by atoms with van der Waals surface area (Å²) >= 11 is 0. The minimum atomic E-state index is -0.928. The van der Waals surface area contributed by atoms with Crippen molar-refractivity contribution in [2.45, 2.75) is 52.1 Å². The van der Waals surface area contributed by atoms with Crippen LogP contribution in [0.2, 0.25) is 0 Å². The molecular formula is C23H25NO4. The zero-order valence-electron chi connectivity index (χ0n) is 16.3. The van der Waals surface area contributed by atoms with E-state index >= 15 is 0 Å². The lowest BCUT2D eigenvalue weighted by Gasteiger charge is -2.13. The maximum absolute atomic E-state index is 12.4. The zero-order valence-corrected chi connectivity index (χ0v) is 16.3. The minimum absolute atomic E-state index is 0.0437. The van der Waals surface area contributed by atoms with Crippen molar-refractivity contribution in [3.63, 3.8) is 0 Å². The van der Waals surface area contributed by atoms with E-state index < -0.39 is 18.0 Å². The van der Waals surface area contributed by atoms with Crippen LogP contribution < -0.4 is 5.32 Å². The predicted molar refractivity (Wildman–Crippen MR) is 107 cm³/mol. The number of ether oxygens (including phenoxy) is 1. The lowest BCUT2D eigenvalue weighted by molar-refractivity contribution is -0.153. The fraction of sp³-hybridized carbons (Fsp3) is 0.348. The highest BCUT2D eigenvalue weighted by Gasteiger charge is 2.19. The fourth-order valence-corrected chi connectivity index (χ4v) is 3.38. The predicted octanol–water partition coefficient (Wildman–Crippen LogP) is 4.02. The second-order valence-electron chi connectivity index (χ2n) is 7.25. The first kappa shape index (κ1) is 19.8. The van der Waals surface area contributed by atoms with Crippen molar-refractivity contribution in [3.8, 4) is 0 Å². The molecule has 0 saturated carbocycles. The maximum atomic E-state index is 12.4. The highest BCUT2D eigenvalue weighted by molar-refractivity contribution is 5.98. The van der Waals surface area contributed by atoms with Crippen LogP contribution in [0.3, 0.4) is 0 Å². The molecule has 0 bridgehead atoms. The number of hydrogen-bond acceptors (Lipinski definition) is 4. The van der Waals surface area contributed by atoms with Crippen molar-refractivity contribution in [2.24, 2.45) is 0 Å². The van der Waals surface area contributed by atoms with Gasteiger partial charge in [0.2, 0.25) is 0 Å². The molecule has 146 valence electrons. The van der Waals surface area contributed by atoms with E-state index in [1.165, 1.54) is 18.1 Å². The summed E-state index contributed by atoms with van der Waals surface area (Å²) < 4.78 is 5.17. The molecule has 1 N–H and O–H groups in total. The van der Waals surface area contributed by atoms with Gasteiger partial charge in [-0.15, -0.1) is 0 Å². The van der Waals surface area contributed by atoms with Crippen molar-refractivity contribution in [1.82, 2.24) is 0 Å². The molecule has 5 heteroatoms. The molecule has 3 rings (SSSR count). The van der Waals surface area contributed by atoms with Crippen LogP contribution >= 0.6 is 0 Å². The van der Waals surface area contributed by atoms with Crippen molar-refractivity contribution in [3.05, 3.63) is 64.7 Å². The first-order chi connectivity index (χ1) is 13.4. The number of carbonyl (C=O) groups excluding carboxylic acids is 3. The lowest BCUT2D eigenvalue weighted by atomic mass is 10.0. The number of esters is 1. The Labute approximate surface area is 165 Å². The number of rotatable bonds is 7. The van der Waals surface area contributed by atoms with Crippen molar-refractivity contribution < 1.29 is 19.1 Å². The third-order valence-electron chi connectivity index (χ3n) is 4.94. The second kappa shape index (κ2) is 8.83. The van der Waals surface area contributed by atoms with E-state index in [1.807, 2.05) is 43.3 Å². The molecule has 1 unspecified atom stereocenters. The van der Waals surface area contributed by atoms with Gasteiger partial charge < -0.3 is 10.1 Å². The standard InChI is InChI=1S/C23H25NO4/c1-15-5-3-8-20(13-15)24-23(27)16(2)28-22(26)12-11-21(25)19-10-9-17-6-4-7-18(17)14-19/h3,5,8-10,13-14,16H,4,6-7,11-12H2,1-2H3,(H,24,27). The molecule has 0 spiro atoms. The van der Waals surface area contributed by atoms with E-state index in [0.717, 1.165) is 24.8 Å². The van der Waals surface area contributed by atoms with Crippen molar-refractivity contribution in [2.75, 3.05) is 5.32 Å². The molecule has 28 heavy (non-hydrogen) atoms. The first-order valence-corrected chi connectivity index (χ1v) is 9.64. The Morgan fingerprint density at radius 2 is 1.82 bits per heavy atom. The van der Waals surface area contributed by atoms with Crippen LogP contribution in [0.25, 0.3) is 0 Å². The van der Waals surface area contributed by atoms with Crippen molar-refractivity contribution in [1.29, 1.82) is 0 Å². The summed E-state index contributed by atoms with van der Waals surface area (Å²) in [5.41, 5.74) is 4.85. The topological polar surface area (TPSA) is 72.5 Å². The molecule has 1 aliphatic rings. The van der Waals surface area contributed by atoms with Gasteiger partial charge in [-0.2, -0.15) is 0 Å². The number of nitrogens with one attached hydrogen (secondary N) is 1. The average Bonchev–Trinajstić information content (AvgIpc) is 3.13. The third-order valence-corrected chi connectivity index (χ3v) is 4.94. The number of aryl methyl sites for hydroxylation is 3. The van der Waals surface area contributed by atoms with E-state index in [2.05, 4.69) is 5.32 Å². The summed E-state index contributed by atoms with van der Waals surface area (Å²) in [7, 11) is 0. The summed E-state index contributed by atoms with van der Waals surface area (Å²) in [4.78, 5) is 36.6. The van der Waals surface area contributed by atoms with Crippen LogP contribution in [0.5, 0.6) is 0 Å². The molecule has 5 nitrogen and oxygen atoms in total. The van der Waals surface area contributed by atoms with E-state index in [4.69, 9.17) is 4.74 Å². The normalized spacial score (nSPS) is 13.5. The van der Waals surface area contributed by atoms with Crippen LogP contribution in [0.15, 0.2) is 42.5 Å². The molecule has 0 saturated heterocycles. The van der Waals surface area contributed by atoms with Gasteiger partial charge in [0.1, 0.15) is 0 Å². The Balaban J connectivity index is 1.46. The first-order valence-electron chi connectivity index (χ1n) is 9.64. The monoisotopic (exact) mass is 379 g/mol. The Kier molecular flexibility index (Phi) is 6.24. The maximum Gasteiger partial charge on any atom is 0.307 e. The van der Waals surface area contributed by atoms with Crippen LogP contribution in [-0.4, -0.2) is 23.8 Å². The molecule has 0 heterocycles. The van der Waals surface area contributed by atoms with E-state index in [0.29, 0.717) is 11.3 Å². The SMILES string of the molecule is Cc1cccc(NC(=O)C(C)OC(=O)CCC(=O)c2ccc3c(c2)CCC3)c1. The molecule has 2 aromatic rings. The number of fused-ring (bicyclic) bond motifs is 1. The summed E-state index contributed by atoms with van der Waals surface area (Å²) in [6.07, 6.45) is 2.30. The summed E-state index contributed by atoms with van der Waals surface area (Å²) in [6, 6.07) is 13.1. The van der Waals surface area contributed by atoms with Gasteiger partial charge in [-0.1, -0.05) is 24.3 Å². The van der Waals surface area contributed by atoms with Gasteiger partial charge in [0, 0.05) is 17.7 Å². The number of benzene rings is 2. The summed E-state index contributed by atoms with van der Waals surface area (Å²) in [5, 5.41) is 2.72. The van der Waals surface area contributed by atoms with Crippen molar-refractivity contribution >= 4 is 23.3 Å². The van der Waals surface area contributed by atoms with E-state index in [-0.39, 0.29) is 18.6 Å². The number of hydrogen-bond donors (Lipinski definition) is 1. The molecule has 1 atom stereocenters. The molecule has 1 amide bonds. The number of Topliss-reactive ketones (excluding diaryl/α,β-unsaturated/α-hetero) is 1. The highest BCUT2D eigenvalue weighted by atomic mass is 16.5. The Morgan fingerprint density at radius 3 is 2.61 bits per heavy atom. The van der Waals surface area contributed by atoms with Crippen LogP contribution in [-0.2, 0) is 27.2 Å². The molecule has 0 aliphatic heterocycles. The van der Waals surface area contributed by atoms with Crippen LogP contribution in [0.4, 0.5) is 5.69 Å². The molecule has 0 aromatic heterocycles. The van der Waals surface area contributed by atoms with E-state index in [1.54, 1.807) is 6.07 Å². The molecular weight excluding hydrogens is 354 g/mol. The molecule has 1 aliphatic carbocycles. The lowest BCUT2D eigenvalue weighted by Crippen LogP contribution is -2.30. The van der Waals surface area contributed by atoms with Gasteiger partial charge in [0.05, 0.1) is 6.42 Å². The minimum Gasteiger partial charge on any atom is -0.453 e. The largest absolute Gasteiger partial charge is 0.453 e. The van der Waals surface area contributed by atoms with E-state index in [9.17, 15) is 14.4 Å². The third kappa shape index (κ3) is 5.06. The van der Waals surface area contributed by atoms with Gasteiger partial charge >= 0.3 is 5.97 Å². The number of anilines is 1. The molecule has 2 aromatic carbocycles. The number of amides is 1. The van der Waals surface area contributed by atoms with Crippen LogP contribution in [0.1, 0.15) is 53.2 Å². The van der Waals surface area contributed by atoms with Gasteiger partial charge in [-0.05, 0) is 68.0 Å². The van der Waals surface area contributed by atoms with Gasteiger partial charge in [0.15, 0.2) is 11.9 Å². The van der Waals surface area contributed by atoms with Crippen LogP contribution in [0, 0.1) is 6.92 Å². The molecule has 0 fully saturated rings. The highest BCUT2D eigenvalue weighted by Crippen LogP contribution is 2.23. The van der Waals surface area contributed by atoms with Gasteiger partial charge in [0.25, 0.3) is 5.91 Å². The Bertz CT molecular complexity index is 903. The quantitative estimate of drug-likeness (QED) is 0.583. The number of carbonyl (C=O) groups is 3. The number of ketones is 1. The van der Waals surface area contributed by atoms with Gasteiger partial charge in [-0.25, -0.2) is 0 Å². The summed E-state index contributed by atoms with van der Waals surface area (Å²) in [5.74, 6) is -1.03. The van der Waals surface area contributed by atoms with Gasteiger partial charge in [-0.3, -0.25) is 14.4 Å². The Hall–Kier alpha value is -2.95. The zero-order chi connectivity index (χ0) is 20.1. The molecule has 0 radical (unpaired) electrons. The average molecular weight is 379 g/mol. The summed E-state index contributed by atoms with van der Waals surface area (Å²) in [6.45, 7) is 3.45.